The van der Waals surface area contributed by atoms with E-state index in [4.69, 9.17) is 4.42 Å². The van der Waals surface area contributed by atoms with Crippen LogP contribution in [-0.4, -0.2) is 18.5 Å². The summed E-state index contributed by atoms with van der Waals surface area (Å²) in [6.07, 6.45) is 14.1. The SMILES string of the molecule is Cl.O=C(C=Cc1ccoc1)Nc1cccc2c1C[C@H]1NCC[C@@]23CCCC[C@@H]13. The van der Waals surface area contributed by atoms with E-state index in [1.165, 1.54) is 43.2 Å². The highest BCUT2D eigenvalue weighted by Gasteiger charge is 2.51. The molecule has 1 amide bonds. The van der Waals surface area contributed by atoms with Crippen LogP contribution in [0.2, 0.25) is 0 Å². The topological polar surface area (TPSA) is 54.3 Å². The van der Waals surface area contributed by atoms with Crippen LogP contribution >= 0.6 is 12.4 Å². The molecule has 2 aromatic rings. The van der Waals surface area contributed by atoms with Gasteiger partial charge in [0, 0.05) is 28.8 Å². The maximum Gasteiger partial charge on any atom is 0.248 e. The van der Waals surface area contributed by atoms with Gasteiger partial charge < -0.3 is 15.1 Å². The Kier molecular flexibility index (Phi) is 5.35. The van der Waals surface area contributed by atoms with Gasteiger partial charge in [-0.25, -0.2) is 0 Å². The lowest BCUT2D eigenvalue weighted by Gasteiger charge is -2.56. The van der Waals surface area contributed by atoms with Crippen LogP contribution in [0.1, 0.15) is 48.8 Å². The number of rotatable bonds is 3. The molecule has 28 heavy (non-hydrogen) atoms. The minimum Gasteiger partial charge on any atom is -0.472 e. The van der Waals surface area contributed by atoms with Crippen molar-refractivity contribution in [2.45, 2.75) is 50.0 Å². The lowest BCUT2D eigenvalue weighted by Crippen LogP contribution is -2.59. The number of amides is 1. The van der Waals surface area contributed by atoms with E-state index < -0.39 is 0 Å². The number of piperidine rings is 1. The highest BCUT2D eigenvalue weighted by atomic mass is 35.5. The van der Waals surface area contributed by atoms with Gasteiger partial charge in [-0.05, 0) is 67.5 Å². The molecule has 2 bridgehead atoms. The maximum atomic E-state index is 12.5. The van der Waals surface area contributed by atoms with Gasteiger partial charge >= 0.3 is 0 Å². The fourth-order valence-corrected chi connectivity index (χ4v) is 5.80. The summed E-state index contributed by atoms with van der Waals surface area (Å²) in [7, 11) is 0. The van der Waals surface area contributed by atoms with Crippen molar-refractivity contribution < 1.29 is 9.21 Å². The fraction of sp³-hybridized carbons (Fsp3) is 0.435. The molecule has 3 aliphatic rings. The molecule has 2 fully saturated rings. The minimum absolute atomic E-state index is 0. The summed E-state index contributed by atoms with van der Waals surface area (Å²) in [6, 6.07) is 8.89. The monoisotopic (exact) mass is 398 g/mol. The molecule has 148 valence electrons. The molecule has 1 saturated heterocycles. The Morgan fingerprint density at radius 2 is 2.18 bits per heavy atom. The standard InChI is InChI=1S/C23H26N2O2.ClH/c26-22(8-7-16-9-13-27-15-16)25-20-6-3-5-18-17(20)14-21-19-4-1-2-10-23(18,19)11-12-24-21;/h3,5-9,13,15,19,21,24H,1-2,4,10-12,14H2,(H,25,26);1H/t19-,21+,23-;/m0./s1. The molecule has 1 aromatic heterocycles. The Morgan fingerprint density at radius 1 is 1.25 bits per heavy atom. The van der Waals surface area contributed by atoms with Crippen LogP contribution in [0.4, 0.5) is 5.69 Å². The molecule has 0 unspecified atom stereocenters. The van der Waals surface area contributed by atoms with Gasteiger partial charge in [0.2, 0.25) is 5.91 Å². The van der Waals surface area contributed by atoms with Gasteiger partial charge in [-0.15, -0.1) is 12.4 Å². The van der Waals surface area contributed by atoms with E-state index in [1.54, 1.807) is 24.7 Å². The highest BCUT2D eigenvalue weighted by molar-refractivity contribution is 6.02. The van der Waals surface area contributed by atoms with Gasteiger partial charge in [0.1, 0.15) is 0 Å². The second kappa shape index (κ2) is 7.76. The number of nitrogens with one attached hydrogen (secondary N) is 2. The Labute approximate surface area is 172 Å². The Bertz CT molecular complexity index is 873. The van der Waals surface area contributed by atoms with E-state index in [-0.39, 0.29) is 18.3 Å². The number of carbonyl (C=O) groups excluding carboxylic acids is 1. The predicted octanol–water partition coefficient (Wildman–Crippen LogP) is 4.70. The molecule has 2 heterocycles. The average molecular weight is 399 g/mol. The molecule has 5 rings (SSSR count). The van der Waals surface area contributed by atoms with E-state index in [2.05, 4.69) is 28.8 Å². The molecule has 0 spiro atoms. The van der Waals surface area contributed by atoms with Gasteiger partial charge in [-0.2, -0.15) is 0 Å². The third kappa shape index (κ3) is 3.19. The maximum absolute atomic E-state index is 12.5. The van der Waals surface area contributed by atoms with E-state index in [9.17, 15) is 4.79 Å². The molecular weight excluding hydrogens is 372 g/mol. The molecule has 0 radical (unpaired) electrons. The third-order valence-electron chi connectivity index (χ3n) is 6.93. The Balaban J connectivity index is 0.00000192. The first kappa shape index (κ1) is 19.3. The van der Waals surface area contributed by atoms with Crippen molar-refractivity contribution in [3.63, 3.8) is 0 Å². The minimum atomic E-state index is -0.0917. The van der Waals surface area contributed by atoms with Gasteiger partial charge in [0.25, 0.3) is 0 Å². The van der Waals surface area contributed by atoms with Crippen LogP contribution in [0.25, 0.3) is 6.08 Å². The van der Waals surface area contributed by atoms with Crippen LogP contribution in [0.5, 0.6) is 0 Å². The van der Waals surface area contributed by atoms with Crippen LogP contribution in [0.3, 0.4) is 0 Å². The molecule has 1 aliphatic heterocycles. The van der Waals surface area contributed by atoms with Crippen molar-refractivity contribution >= 4 is 30.1 Å². The largest absolute Gasteiger partial charge is 0.472 e. The smallest absolute Gasteiger partial charge is 0.248 e. The molecule has 5 heteroatoms. The summed E-state index contributed by atoms with van der Waals surface area (Å²) < 4.78 is 5.04. The molecule has 4 nitrogen and oxygen atoms in total. The number of fused-ring (bicyclic) bond motifs is 1. The van der Waals surface area contributed by atoms with Crippen LogP contribution in [0, 0.1) is 5.92 Å². The number of benzene rings is 1. The van der Waals surface area contributed by atoms with Crippen molar-refractivity contribution in [3.8, 4) is 0 Å². The lowest BCUT2D eigenvalue weighted by molar-refractivity contribution is -0.111. The fourth-order valence-electron chi connectivity index (χ4n) is 5.80. The van der Waals surface area contributed by atoms with Gasteiger partial charge in [0.15, 0.2) is 0 Å². The number of hydrogen-bond donors (Lipinski definition) is 2. The normalized spacial score (nSPS) is 28.1. The first-order valence-corrected chi connectivity index (χ1v) is 10.1. The second-order valence-electron chi connectivity index (χ2n) is 8.23. The second-order valence-corrected chi connectivity index (χ2v) is 8.23. The summed E-state index contributed by atoms with van der Waals surface area (Å²) in [6.45, 7) is 1.12. The number of carbonyl (C=O) groups is 1. The first-order chi connectivity index (χ1) is 13.3. The van der Waals surface area contributed by atoms with Gasteiger partial charge in [0.05, 0.1) is 12.5 Å². The number of halogens is 1. The van der Waals surface area contributed by atoms with Crippen molar-refractivity contribution in [2.75, 3.05) is 11.9 Å². The predicted molar refractivity (Wildman–Crippen MR) is 114 cm³/mol. The number of furan rings is 1. The Hall–Kier alpha value is -2.04. The van der Waals surface area contributed by atoms with E-state index >= 15 is 0 Å². The Morgan fingerprint density at radius 3 is 3.04 bits per heavy atom. The first-order valence-electron chi connectivity index (χ1n) is 10.1. The van der Waals surface area contributed by atoms with Crippen LogP contribution < -0.4 is 10.6 Å². The molecule has 3 atom stereocenters. The van der Waals surface area contributed by atoms with E-state index in [1.807, 2.05) is 6.07 Å². The van der Waals surface area contributed by atoms with Crippen molar-refractivity contribution in [1.29, 1.82) is 0 Å². The van der Waals surface area contributed by atoms with E-state index in [0.717, 1.165) is 30.1 Å². The van der Waals surface area contributed by atoms with E-state index in [0.29, 0.717) is 11.5 Å². The number of hydrogen-bond acceptors (Lipinski definition) is 3. The quantitative estimate of drug-likeness (QED) is 0.737. The summed E-state index contributed by atoms with van der Waals surface area (Å²) in [5.41, 5.74) is 5.03. The zero-order chi connectivity index (χ0) is 18.3. The molecule has 2 aliphatic carbocycles. The van der Waals surface area contributed by atoms with Crippen LogP contribution in [-0.2, 0) is 16.6 Å². The zero-order valence-corrected chi connectivity index (χ0v) is 16.8. The summed E-state index contributed by atoms with van der Waals surface area (Å²) in [5.74, 6) is 0.658. The van der Waals surface area contributed by atoms with Gasteiger partial charge in [-0.3, -0.25) is 4.79 Å². The lowest BCUT2D eigenvalue weighted by atomic mass is 9.52. The van der Waals surface area contributed by atoms with Crippen molar-refractivity contribution in [2.24, 2.45) is 5.92 Å². The van der Waals surface area contributed by atoms with Gasteiger partial charge in [-0.1, -0.05) is 25.0 Å². The summed E-state index contributed by atoms with van der Waals surface area (Å²) in [4.78, 5) is 12.5. The zero-order valence-electron chi connectivity index (χ0n) is 15.9. The average Bonchev–Trinajstić information content (AvgIpc) is 3.21. The van der Waals surface area contributed by atoms with Crippen LogP contribution in [0.15, 0.2) is 47.3 Å². The molecular formula is C23H27ClN2O2. The van der Waals surface area contributed by atoms with Crippen molar-refractivity contribution in [1.82, 2.24) is 5.32 Å². The third-order valence-corrected chi connectivity index (χ3v) is 6.93. The highest BCUT2D eigenvalue weighted by Crippen LogP contribution is 2.54. The number of anilines is 1. The molecule has 1 saturated carbocycles. The van der Waals surface area contributed by atoms with Crippen molar-refractivity contribution in [3.05, 3.63) is 59.6 Å². The summed E-state index contributed by atoms with van der Waals surface area (Å²) in [5, 5.41) is 6.90. The molecule has 1 aromatic carbocycles. The summed E-state index contributed by atoms with van der Waals surface area (Å²) >= 11 is 0. The molecule has 2 N–H and O–H groups in total.